The van der Waals surface area contributed by atoms with E-state index in [1.54, 1.807) is 17.3 Å². The number of ether oxygens (including phenoxy) is 1. The molecule has 0 radical (unpaired) electrons. The third kappa shape index (κ3) is 3.12. The molecule has 0 saturated heterocycles. The summed E-state index contributed by atoms with van der Waals surface area (Å²) in [5.41, 5.74) is 2.74. The average molecular weight is 379 g/mol. The van der Waals surface area contributed by atoms with Crippen molar-refractivity contribution in [3.05, 3.63) is 54.4 Å². The zero-order valence-corrected chi connectivity index (χ0v) is 15.7. The van der Waals surface area contributed by atoms with Crippen molar-refractivity contribution >= 4 is 23.4 Å². The molecule has 1 aliphatic rings. The van der Waals surface area contributed by atoms with Gasteiger partial charge in [0.05, 0.1) is 5.69 Å². The molecule has 136 valence electrons. The number of rotatable bonds is 3. The first-order chi connectivity index (χ1) is 13.2. The molecule has 8 heteroatoms. The topological polar surface area (TPSA) is 81.1 Å². The number of anilines is 1. The number of nitrogens with zero attached hydrogens (tertiary/aromatic N) is 5. The first-order valence-corrected chi connectivity index (χ1v) is 9.72. The number of thioether (sulfide) groups is 1. The van der Waals surface area contributed by atoms with E-state index >= 15 is 0 Å². The summed E-state index contributed by atoms with van der Waals surface area (Å²) in [5, 5.41) is 8.98. The molecule has 1 aromatic carbocycles. The molecule has 3 heterocycles. The number of para-hydroxylation sites is 1. The fraction of sp³-hybridized carbons (Fsp3) is 0.211. The molecule has 0 fully saturated rings. The molecule has 7 nitrogen and oxygen atoms in total. The third-order valence-corrected chi connectivity index (χ3v) is 4.77. The van der Waals surface area contributed by atoms with Crippen LogP contribution in [0.3, 0.4) is 0 Å². The van der Waals surface area contributed by atoms with E-state index in [9.17, 15) is 4.79 Å². The van der Waals surface area contributed by atoms with Crippen molar-refractivity contribution in [3.8, 4) is 17.1 Å². The van der Waals surface area contributed by atoms with Crippen LogP contribution in [0.2, 0.25) is 0 Å². The summed E-state index contributed by atoms with van der Waals surface area (Å²) in [7, 11) is 0. The Hall–Kier alpha value is -3.00. The molecular weight excluding hydrogens is 362 g/mol. The predicted molar refractivity (Wildman–Crippen MR) is 102 cm³/mol. The molecule has 1 amide bonds. The van der Waals surface area contributed by atoms with Crippen LogP contribution in [-0.2, 0) is 4.79 Å². The normalized spacial score (nSPS) is 15.3. The highest BCUT2D eigenvalue weighted by atomic mass is 32.2. The molecular formula is C19H17N5O2S. The molecule has 27 heavy (non-hydrogen) atoms. The monoisotopic (exact) mass is 379 g/mol. The molecule has 2 aromatic heterocycles. The van der Waals surface area contributed by atoms with Gasteiger partial charge in [-0.3, -0.25) is 14.7 Å². The molecule has 0 N–H and O–H groups in total. The van der Waals surface area contributed by atoms with Crippen LogP contribution < -0.4 is 9.64 Å². The average Bonchev–Trinajstić information content (AvgIpc) is 2.88. The lowest BCUT2D eigenvalue weighted by molar-refractivity contribution is -0.120. The van der Waals surface area contributed by atoms with Gasteiger partial charge >= 0.3 is 0 Å². The zero-order chi connectivity index (χ0) is 18.8. The van der Waals surface area contributed by atoms with Crippen LogP contribution in [0.5, 0.6) is 5.88 Å². The Morgan fingerprint density at radius 3 is 2.81 bits per heavy atom. The molecule has 4 rings (SSSR count). The Labute approximate surface area is 160 Å². The lowest BCUT2D eigenvalue weighted by atomic mass is 10.1. The number of carbonyl (C=O) groups is 1. The van der Waals surface area contributed by atoms with Gasteiger partial charge in [0, 0.05) is 29.9 Å². The van der Waals surface area contributed by atoms with E-state index in [4.69, 9.17) is 4.74 Å². The van der Waals surface area contributed by atoms with Crippen molar-refractivity contribution in [2.75, 3.05) is 11.2 Å². The van der Waals surface area contributed by atoms with Crippen molar-refractivity contribution in [2.24, 2.45) is 0 Å². The predicted octanol–water partition coefficient (Wildman–Crippen LogP) is 3.49. The van der Waals surface area contributed by atoms with Crippen LogP contribution >= 0.6 is 11.8 Å². The fourth-order valence-electron chi connectivity index (χ4n) is 2.98. The smallest absolute Gasteiger partial charge is 0.247 e. The van der Waals surface area contributed by atoms with E-state index < -0.39 is 6.23 Å². The number of hydrogen-bond acceptors (Lipinski definition) is 7. The Balaban J connectivity index is 1.98. The largest absolute Gasteiger partial charge is 0.447 e. The lowest BCUT2D eigenvalue weighted by Crippen LogP contribution is -2.37. The summed E-state index contributed by atoms with van der Waals surface area (Å²) in [5.74, 6) is 0.282. The van der Waals surface area contributed by atoms with Gasteiger partial charge in [0.15, 0.2) is 5.69 Å². The van der Waals surface area contributed by atoms with Gasteiger partial charge in [-0.05, 0) is 18.4 Å². The van der Waals surface area contributed by atoms with Gasteiger partial charge in [-0.15, -0.1) is 10.2 Å². The summed E-state index contributed by atoms with van der Waals surface area (Å²) in [6.45, 7) is 1.83. The summed E-state index contributed by atoms with van der Waals surface area (Å²) in [6.07, 6.45) is 4.89. The molecule has 0 spiro atoms. The van der Waals surface area contributed by atoms with Crippen LogP contribution in [0, 0.1) is 0 Å². The van der Waals surface area contributed by atoms with Gasteiger partial charge in [-0.25, -0.2) is 0 Å². The first kappa shape index (κ1) is 17.4. The highest BCUT2D eigenvalue weighted by molar-refractivity contribution is 7.98. The van der Waals surface area contributed by atoms with E-state index in [1.165, 1.54) is 11.8 Å². The van der Waals surface area contributed by atoms with E-state index in [2.05, 4.69) is 20.2 Å². The number of carbonyl (C=O) groups excluding carboxylic acids is 1. The highest BCUT2D eigenvalue weighted by Crippen LogP contribution is 2.43. The van der Waals surface area contributed by atoms with Crippen molar-refractivity contribution in [2.45, 2.75) is 24.7 Å². The first-order valence-electron chi connectivity index (χ1n) is 8.49. The maximum Gasteiger partial charge on any atom is 0.247 e. The quantitative estimate of drug-likeness (QED) is 0.644. The third-order valence-electron chi connectivity index (χ3n) is 4.24. The van der Waals surface area contributed by atoms with Crippen molar-refractivity contribution in [1.82, 2.24) is 20.2 Å². The van der Waals surface area contributed by atoms with Crippen LogP contribution in [0.1, 0.15) is 25.1 Å². The minimum absolute atomic E-state index is 0.0674. The van der Waals surface area contributed by atoms with E-state index in [1.807, 2.05) is 49.6 Å². The van der Waals surface area contributed by atoms with Crippen LogP contribution in [0.4, 0.5) is 5.69 Å². The summed E-state index contributed by atoms with van der Waals surface area (Å²) >= 11 is 1.38. The van der Waals surface area contributed by atoms with Crippen LogP contribution in [-0.4, -0.2) is 32.3 Å². The fourth-order valence-corrected chi connectivity index (χ4v) is 3.28. The van der Waals surface area contributed by atoms with E-state index in [-0.39, 0.29) is 5.91 Å². The summed E-state index contributed by atoms with van der Waals surface area (Å²) < 4.78 is 6.24. The van der Waals surface area contributed by atoms with Crippen LogP contribution in [0.25, 0.3) is 11.3 Å². The van der Waals surface area contributed by atoms with Crippen molar-refractivity contribution in [1.29, 1.82) is 0 Å². The minimum atomic E-state index is -0.694. The molecule has 1 aliphatic heterocycles. The maximum atomic E-state index is 12.9. The second-order valence-electron chi connectivity index (χ2n) is 5.84. The maximum absolute atomic E-state index is 12.9. The van der Waals surface area contributed by atoms with Gasteiger partial charge in [0.25, 0.3) is 0 Å². The summed E-state index contributed by atoms with van der Waals surface area (Å²) in [6, 6.07) is 11.3. The SMILES string of the molecule is CCC(=O)N1c2ccccc2-c2nnc(SC)nc2OC1c1cccnc1. The Bertz CT molecular complexity index is 983. The van der Waals surface area contributed by atoms with Crippen LogP contribution in [0.15, 0.2) is 53.9 Å². The zero-order valence-electron chi connectivity index (χ0n) is 14.9. The highest BCUT2D eigenvalue weighted by Gasteiger charge is 2.35. The number of benzene rings is 1. The standard InChI is InChI=1S/C19H17N5O2S/c1-3-15(25)24-14-9-5-4-8-13(14)16-17(21-19(27-2)23-22-16)26-18(24)12-7-6-10-20-11-12/h4-11,18H,3H2,1-2H3. The lowest BCUT2D eigenvalue weighted by Gasteiger charge is -2.30. The number of hydrogen-bond donors (Lipinski definition) is 0. The number of amides is 1. The molecule has 0 saturated carbocycles. The number of pyridine rings is 1. The van der Waals surface area contributed by atoms with Gasteiger partial charge in [0.2, 0.25) is 23.2 Å². The van der Waals surface area contributed by atoms with Gasteiger partial charge in [0.1, 0.15) is 0 Å². The molecule has 1 unspecified atom stereocenters. The van der Waals surface area contributed by atoms with Crippen molar-refractivity contribution < 1.29 is 9.53 Å². The van der Waals surface area contributed by atoms with Gasteiger partial charge < -0.3 is 4.74 Å². The molecule has 1 atom stereocenters. The molecule has 0 bridgehead atoms. The second-order valence-corrected chi connectivity index (χ2v) is 6.62. The molecule has 0 aliphatic carbocycles. The number of fused-ring (bicyclic) bond motifs is 3. The Kier molecular flexibility index (Phi) is 4.72. The van der Waals surface area contributed by atoms with Crippen molar-refractivity contribution in [3.63, 3.8) is 0 Å². The minimum Gasteiger partial charge on any atom is -0.447 e. The Morgan fingerprint density at radius 1 is 1.22 bits per heavy atom. The number of aromatic nitrogens is 4. The van der Waals surface area contributed by atoms with Gasteiger partial charge in [-0.1, -0.05) is 43.0 Å². The van der Waals surface area contributed by atoms with Gasteiger partial charge in [-0.2, -0.15) is 4.98 Å². The molecule has 3 aromatic rings. The van der Waals surface area contributed by atoms with E-state index in [0.29, 0.717) is 28.8 Å². The summed E-state index contributed by atoms with van der Waals surface area (Å²) in [4.78, 5) is 23.2. The second kappa shape index (κ2) is 7.32. The Morgan fingerprint density at radius 2 is 2.07 bits per heavy atom. The van der Waals surface area contributed by atoms with E-state index in [0.717, 1.165) is 11.1 Å².